The largest absolute Gasteiger partial charge is 0.497 e. The molecule has 1 aliphatic rings. The van der Waals surface area contributed by atoms with Crippen molar-refractivity contribution in [3.8, 4) is 16.3 Å². The Morgan fingerprint density at radius 3 is 2.54 bits per heavy atom. The molecule has 9 heteroatoms. The van der Waals surface area contributed by atoms with E-state index < -0.39 is 0 Å². The van der Waals surface area contributed by atoms with Crippen LogP contribution in [0.5, 0.6) is 5.75 Å². The molecule has 0 unspecified atom stereocenters. The van der Waals surface area contributed by atoms with Crippen molar-refractivity contribution < 1.29 is 14.3 Å². The fourth-order valence-electron chi connectivity index (χ4n) is 2.59. The monoisotopic (exact) mass is 414 g/mol. The lowest BCUT2D eigenvalue weighted by atomic mass is 10.2. The van der Waals surface area contributed by atoms with Gasteiger partial charge in [0.15, 0.2) is 10.3 Å². The van der Waals surface area contributed by atoms with Gasteiger partial charge in [0, 0.05) is 16.9 Å². The highest BCUT2D eigenvalue weighted by molar-refractivity contribution is 7.20. The number of thiazole rings is 2. The summed E-state index contributed by atoms with van der Waals surface area (Å²) >= 11 is 2.74. The number of amides is 2. The van der Waals surface area contributed by atoms with Crippen LogP contribution in [-0.4, -0.2) is 28.9 Å². The number of hydrogen-bond donors (Lipinski definition) is 2. The van der Waals surface area contributed by atoms with Gasteiger partial charge in [0.2, 0.25) is 5.91 Å². The third-order valence-corrected chi connectivity index (χ3v) is 6.14. The van der Waals surface area contributed by atoms with E-state index in [4.69, 9.17) is 4.74 Å². The molecule has 4 rings (SSSR count). The van der Waals surface area contributed by atoms with E-state index in [0.29, 0.717) is 21.6 Å². The number of nitrogens with zero attached hydrogens (tertiary/aromatic N) is 2. The smallest absolute Gasteiger partial charge is 0.257 e. The number of methoxy groups -OCH3 is 1. The van der Waals surface area contributed by atoms with E-state index in [1.807, 2.05) is 12.3 Å². The number of nitrogens with one attached hydrogen (secondary N) is 2. The molecule has 0 radical (unpaired) electrons. The van der Waals surface area contributed by atoms with Gasteiger partial charge in [0.25, 0.3) is 5.91 Å². The van der Waals surface area contributed by atoms with E-state index in [1.54, 1.807) is 31.4 Å². The summed E-state index contributed by atoms with van der Waals surface area (Å²) in [6.07, 6.45) is 1.91. The van der Waals surface area contributed by atoms with Crippen LogP contribution in [0.15, 0.2) is 29.6 Å². The molecule has 0 saturated heterocycles. The number of ether oxygens (including phenoxy) is 1. The molecular weight excluding hydrogens is 396 g/mol. The minimum Gasteiger partial charge on any atom is -0.497 e. The molecule has 2 N–H and O–H groups in total. The number of rotatable bonds is 6. The minimum absolute atomic E-state index is 0.0365. The molecule has 2 amide bonds. The lowest BCUT2D eigenvalue weighted by Gasteiger charge is -2.03. The fourth-order valence-corrected chi connectivity index (χ4v) is 4.29. The van der Waals surface area contributed by atoms with Gasteiger partial charge >= 0.3 is 0 Å². The standard InChI is InChI=1S/C19H18N4O3S2/c1-10-15(14-9-27-18(21-14)22-16(24)11-3-4-11)28-19(20-10)23-17(25)12-5-7-13(26-2)8-6-12/h5-9,11H,3-4H2,1-2H3,(H,20,23,25)(H,21,22,24). The van der Waals surface area contributed by atoms with Crippen molar-refractivity contribution in [3.05, 3.63) is 40.9 Å². The van der Waals surface area contributed by atoms with Gasteiger partial charge in [-0.3, -0.25) is 14.9 Å². The Hall–Kier alpha value is -2.78. The first-order chi connectivity index (χ1) is 13.5. The van der Waals surface area contributed by atoms with Gasteiger partial charge in [-0.25, -0.2) is 9.97 Å². The zero-order chi connectivity index (χ0) is 19.7. The molecule has 0 spiro atoms. The summed E-state index contributed by atoms with van der Waals surface area (Å²) in [7, 11) is 1.58. The van der Waals surface area contributed by atoms with Gasteiger partial charge < -0.3 is 10.1 Å². The summed E-state index contributed by atoms with van der Waals surface area (Å²) in [5.41, 5.74) is 2.05. The van der Waals surface area contributed by atoms with E-state index >= 15 is 0 Å². The van der Waals surface area contributed by atoms with E-state index in [0.717, 1.165) is 29.1 Å². The maximum absolute atomic E-state index is 12.4. The van der Waals surface area contributed by atoms with Crippen LogP contribution < -0.4 is 15.4 Å². The van der Waals surface area contributed by atoms with Crippen molar-refractivity contribution in [1.82, 2.24) is 9.97 Å². The average Bonchev–Trinajstić information content (AvgIpc) is 3.35. The molecule has 0 atom stereocenters. The number of carbonyl (C=O) groups is 2. The van der Waals surface area contributed by atoms with Crippen LogP contribution in [-0.2, 0) is 4.79 Å². The molecule has 1 aliphatic carbocycles. The van der Waals surface area contributed by atoms with Crippen molar-refractivity contribution in [3.63, 3.8) is 0 Å². The Labute approximate surface area is 169 Å². The Kier molecular flexibility index (Phi) is 5.10. The first kappa shape index (κ1) is 18.6. The van der Waals surface area contributed by atoms with E-state index in [2.05, 4.69) is 20.6 Å². The molecule has 1 fully saturated rings. The second kappa shape index (κ2) is 7.69. The maximum atomic E-state index is 12.4. The molecule has 2 aromatic heterocycles. The molecular formula is C19H18N4O3S2. The highest BCUT2D eigenvalue weighted by atomic mass is 32.1. The van der Waals surface area contributed by atoms with Crippen LogP contribution in [0.25, 0.3) is 10.6 Å². The molecule has 144 valence electrons. The number of anilines is 2. The quantitative estimate of drug-likeness (QED) is 0.631. The van der Waals surface area contributed by atoms with Crippen LogP contribution in [0.1, 0.15) is 28.9 Å². The van der Waals surface area contributed by atoms with E-state index in [-0.39, 0.29) is 17.7 Å². The zero-order valence-electron chi connectivity index (χ0n) is 15.3. The van der Waals surface area contributed by atoms with Crippen LogP contribution in [0, 0.1) is 12.8 Å². The zero-order valence-corrected chi connectivity index (χ0v) is 16.9. The highest BCUT2D eigenvalue weighted by Crippen LogP contribution is 2.36. The van der Waals surface area contributed by atoms with Crippen molar-refractivity contribution >= 4 is 44.8 Å². The predicted molar refractivity (Wildman–Crippen MR) is 110 cm³/mol. The number of aromatic nitrogens is 2. The molecule has 7 nitrogen and oxygen atoms in total. The molecule has 2 heterocycles. The van der Waals surface area contributed by atoms with Gasteiger partial charge in [-0.05, 0) is 44.0 Å². The highest BCUT2D eigenvalue weighted by Gasteiger charge is 2.30. The van der Waals surface area contributed by atoms with Gasteiger partial charge in [-0.1, -0.05) is 11.3 Å². The second-order valence-electron chi connectivity index (χ2n) is 6.42. The van der Waals surface area contributed by atoms with Gasteiger partial charge in [0.1, 0.15) is 5.75 Å². The topological polar surface area (TPSA) is 93.2 Å². The molecule has 0 bridgehead atoms. The Balaban J connectivity index is 1.46. The summed E-state index contributed by atoms with van der Waals surface area (Å²) in [4.78, 5) is 34.1. The number of aryl methyl sites for hydroxylation is 1. The predicted octanol–water partition coefficient (Wildman–Crippen LogP) is 4.18. The van der Waals surface area contributed by atoms with Crippen molar-refractivity contribution in [2.24, 2.45) is 5.92 Å². The van der Waals surface area contributed by atoms with E-state index in [1.165, 1.54) is 22.7 Å². The minimum atomic E-state index is -0.237. The van der Waals surface area contributed by atoms with Gasteiger partial charge in [-0.15, -0.1) is 11.3 Å². The normalized spacial score (nSPS) is 13.2. The number of hydrogen-bond acceptors (Lipinski definition) is 7. The molecule has 0 aliphatic heterocycles. The molecule has 28 heavy (non-hydrogen) atoms. The van der Waals surface area contributed by atoms with Crippen LogP contribution in [0.3, 0.4) is 0 Å². The first-order valence-corrected chi connectivity index (χ1v) is 10.4. The van der Waals surface area contributed by atoms with Crippen molar-refractivity contribution in [2.75, 3.05) is 17.7 Å². The van der Waals surface area contributed by atoms with Gasteiger partial charge in [0.05, 0.1) is 23.4 Å². The average molecular weight is 415 g/mol. The summed E-state index contributed by atoms with van der Waals surface area (Å²) in [6, 6.07) is 6.87. The number of benzene rings is 1. The summed E-state index contributed by atoms with van der Waals surface area (Å²) in [6.45, 7) is 1.87. The van der Waals surface area contributed by atoms with E-state index in [9.17, 15) is 9.59 Å². The van der Waals surface area contributed by atoms with Crippen LogP contribution in [0.4, 0.5) is 10.3 Å². The third kappa shape index (κ3) is 4.05. The summed E-state index contributed by atoms with van der Waals surface area (Å²) in [5.74, 6) is 0.627. The SMILES string of the molecule is COc1ccc(C(=O)Nc2nc(C)c(-c3csc(NC(=O)C4CC4)n3)s2)cc1. The van der Waals surface area contributed by atoms with Crippen LogP contribution in [0.2, 0.25) is 0 Å². The van der Waals surface area contributed by atoms with Gasteiger partial charge in [-0.2, -0.15) is 0 Å². The Morgan fingerprint density at radius 1 is 1.11 bits per heavy atom. The summed E-state index contributed by atoms with van der Waals surface area (Å²) in [5, 5.41) is 8.66. The van der Waals surface area contributed by atoms with Crippen LogP contribution >= 0.6 is 22.7 Å². The molecule has 1 saturated carbocycles. The number of carbonyl (C=O) groups excluding carboxylic acids is 2. The maximum Gasteiger partial charge on any atom is 0.257 e. The second-order valence-corrected chi connectivity index (χ2v) is 8.27. The first-order valence-electron chi connectivity index (χ1n) is 8.73. The van der Waals surface area contributed by atoms with Crippen molar-refractivity contribution in [1.29, 1.82) is 0 Å². The van der Waals surface area contributed by atoms with Crippen molar-refractivity contribution in [2.45, 2.75) is 19.8 Å². The lowest BCUT2D eigenvalue weighted by molar-refractivity contribution is -0.117. The Morgan fingerprint density at radius 2 is 1.86 bits per heavy atom. The third-order valence-electron chi connectivity index (χ3n) is 4.28. The Bertz CT molecular complexity index is 1020. The fraction of sp³-hybridized carbons (Fsp3) is 0.263. The molecule has 3 aromatic rings. The molecule has 1 aromatic carbocycles. The lowest BCUT2D eigenvalue weighted by Crippen LogP contribution is -2.12. The summed E-state index contributed by atoms with van der Waals surface area (Å²) < 4.78 is 5.10.